The molecule has 6 heteroatoms. The minimum Gasteiger partial charge on any atom is -0.496 e. The minimum atomic E-state index is -4.32. The van der Waals surface area contributed by atoms with Gasteiger partial charge >= 0.3 is 6.18 Å². The van der Waals surface area contributed by atoms with Gasteiger partial charge in [0.05, 0.1) is 25.2 Å². The van der Waals surface area contributed by atoms with Crippen LogP contribution in [-0.4, -0.2) is 19.2 Å². The molecule has 7 rings (SSSR count). The summed E-state index contributed by atoms with van der Waals surface area (Å²) in [6, 6.07) is 26.9. The number of hydrogen-bond acceptors (Lipinski definition) is 3. The summed E-state index contributed by atoms with van der Waals surface area (Å²) in [5, 5.41) is 6.89. The summed E-state index contributed by atoms with van der Waals surface area (Å²) in [7, 11) is 3.35. The van der Waals surface area contributed by atoms with Crippen molar-refractivity contribution in [2.24, 2.45) is 0 Å². The number of rotatable bonds is 5. The van der Waals surface area contributed by atoms with Gasteiger partial charge in [-0.3, -0.25) is 4.98 Å². The van der Waals surface area contributed by atoms with E-state index in [-0.39, 0.29) is 0 Å². The van der Waals surface area contributed by atoms with E-state index < -0.39 is 11.7 Å². The van der Waals surface area contributed by atoms with E-state index in [9.17, 15) is 13.2 Å². The zero-order chi connectivity index (χ0) is 31.6. The van der Waals surface area contributed by atoms with Crippen molar-refractivity contribution < 1.29 is 22.6 Å². The SMILES string of the molecule is COc1cccc2c1c(OC)cc1c3c(ccc12)[C@H](CCc1cc(C(F)(F)F)ccc1C)CCC3.c1ccc2cnccc2c1. The van der Waals surface area contributed by atoms with Crippen molar-refractivity contribution in [3.05, 3.63) is 125 Å². The fourth-order valence-electron chi connectivity index (χ4n) is 6.74. The second-order valence-electron chi connectivity index (χ2n) is 11.7. The van der Waals surface area contributed by atoms with Crippen LogP contribution in [0.5, 0.6) is 11.5 Å². The Morgan fingerprint density at radius 2 is 1.60 bits per heavy atom. The molecule has 0 amide bonds. The molecule has 1 aliphatic carbocycles. The lowest BCUT2D eigenvalue weighted by molar-refractivity contribution is -0.137. The van der Waals surface area contributed by atoms with Gasteiger partial charge in [-0.15, -0.1) is 0 Å². The Morgan fingerprint density at radius 3 is 2.36 bits per heavy atom. The van der Waals surface area contributed by atoms with Crippen LogP contribution in [0.1, 0.15) is 53.0 Å². The Bertz CT molecular complexity index is 1920. The lowest BCUT2D eigenvalue weighted by atomic mass is 9.77. The van der Waals surface area contributed by atoms with Crippen LogP contribution in [0.25, 0.3) is 32.3 Å². The van der Waals surface area contributed by atoms with Crippen LogP contribution in [0.2, 0.25) is 0 Å². The highest BCUT2D eigenvalue weighted by atomic mass is 19.4. The standard InChI is InChI=1S/C30H29F3O2.C9H7N/c1-18-10-13-21(30(31,32)33)16-20(18)12-11-19-6-4-7-23-22(19)14-15-24-25-8-5-9-27(34-2)29(25)28(35-3)17-26(23)24;1-2-4-9-7-10-6-5-8(9)3-1/h5,8-10,13-17,19H,4,6-7,11-12H2,1-3H3;1-7H/t19-;/m0./s1. The van der Waals surface area contributed by atoms with Crippen molar-refractivity contribution in [1.82, 2.24) is 4.98 Å². The molecule has 1 heterocycles. The highest BCUT2D eigenvalue weighted by Crippen LogP contribution is 2.44. The van der Waals surface area contributed by atoms with E-state index in [1.54, 1.807) is 20.3 Å². The predicted molar refractivity (Wildman–Crippen MR) is 176 cm³/mol. The van der Waals surface area contributed by atoms with Gasteiger partial charge in [0.1, 0.15) is 11.5 Å². The molecule has 1 atom stereocenters. The van der Waals surface area contributed by atoms with Crippen LogP contribution in [0.3, 0.4) is 0 Å². The molecular formula is C39H36F3NO2. The Morgan fingerprint density at radius 1 is 0.800 bits per heavy atom. The molecule has 3 nitrogen and oxygen atoms in total. The predicted octanol–water partition coefficient (Wildman–Crippen LogP) is 10.6. The highest BCUT2D eigenvalue weighted by Gasteiger charge is 2.31. The first kappa shape index (κ1) is 30.4. The monoisotopic (exact) mass is 607 g/mol. The molecule has 1 aliphatic rings. The largest absolute Gasteiger partial charge is 0.496 e. The van der Waals surface area contributed by atoms with Crippen molar-refractivity contribution >= 4 is 32.3 Å². The summed E-state index contributed by atoms with van der Waals surface area (Å²) in [6.07, 6.45) is 3.94. The number of aromatic nitrogens is 1. The quantitative estimate of drug-likeness (QED) is 0.183. The Labute approximate surface area is 261 Å². The maximum atomic E-state index is 13.2. The molecule has 0 saturated heterocycles. The first-order chi connectivity index (χ1) is 21.8. The summed E-state index contributed by atoms with van der Waals surface area (Å²) in [4.78, 5) is 4.01. The van der Waals surface area contributed by atoms with Gasteiger partial charge in [-0.25, -0.2) is 0 Å². The molecule has 6 aromatic rings. The molecule has 5 aromatic carbocycles. The van der Waals surface area contributed by atoms with Crippen LogP contribution in [0.15, 0.2) is 97.3 Å². The maximum Gasteiger partial charge on any atom is 0.416 e. The normalized spacial score (nSPS) is 14.6. The van der Waals surface area contributed by atoms with Crippen LogP contribution >= 0.6 is 0 Å². The summed E-state index contributed by atoms with van der Waals surface area (Å²) < 4.78 is 51.1. The fraction of sp³-hybridized carbons (Fsp3) is 0.256. The molecule has 0 N–H and O–H groups in total. The van der Waals surface area contributed by atoms with Crippen LogP contribution in [0, 0.1) is 6.92 Å². The molecule has 0 aliphatic heterocycles. The van der Waals surface area contributed by atoms with Crippen LogP contribution in [0.4, 0.5) is 13.2 Å². The zero-order valence-electron chi connectivity index (χ0n) is 25.7. The Balaban J connectivity index is 0.000000301. The second kappa shape index (κ2) is 12.8. The van der Waals surface area contributed by atoms with E-state index >= 15 is 0 Å². The van der Waals surface area contributed by atoms with E-state index in [2.05, 4.69) is 41.4 Å². The third-order valence-corrected chi connectivity index (χ3v) is 9.08. The van der Waals surface area contributed by atoms with Crippen molar-refractivity contribution in [2.75, 3.05) is 14.2 Å². The van der Waals surface area contributed by atoms with Gasteiger partial charge in [-0.2, -0.15) is 13.2 Å². The average Bonchev–Trinajstić information content (AvgIpc) is 3.06. The molecule has 0 radical (unpaired) electrons. The number of ether oxygens (including phenoxy) is 2. The number of methoxy groups -OCH3 is 2. The molecule has 0 fully saturated rings. The number of aryl methyl sites for hydroxylation is 3. The lowest BCUT2D eigenvalue weighted by Crippen LogP contribution is -2.12. The molecule has 45 heavy (non-hydrogen) atoms. The number of nitrogens with zero attached hydrogens (tertiary/aromatic N) is 1. The van der Waals surface area contributed by atoms with E-state index in [0.717, 1.165) is 59.1 Å². The summed E-state index contributed by atoms with van der Waals surface area (Å²) in [5.41, 5.74) is 3.79. The number of pyridine rings is 1. The smallest absolute Gasteiger partial charge is 0.416 e. The number of fused-ring (bicyclic) bond motifs is 6. The third-order valence-electron chi connectivity index (χ3n) is 9.08. The second-order valence-corrected chi connectivity index (χ2v) is 11.7. The van der Waals surface area contributed by atoms with E-state index in [4.69, 9.17) is 9.47 Å². The molecular weight excluding hydrogens is 571 g/mol. The minimum absolute atomic E-state index is 0.323. The van der Waals surface area contributed by atoms with Crippen molar-refractivity contribution in [3.63, 3.8) is 0 Å². The van der Waals surface area contributed by atoms with Crippen molar-refractivity contribution in [3.8, 4) is 11.5 Å². The van der Waals surface area contributed by atoms with Gasteiger partial charge in [-0.1, -0.05) is 54.6 Å². The first-order valence-corrected chi connectivity index (χ1v) is 15.3. The van der Waals surface area contributed by atoms with E-state index in [1.807, 2.05) is 49.6 Å². The molecule has 0 bridgehead atoms. The van der Waals surface area contributed by atoms with Gasteiger partial charge in [-0.05, 0) is 124 Å². The van der Waals surface area contributed by atoms with Crippen LogP contribution in [-0.2, 0) is 19.0 Å². The van der Waals surface area contributed by atoms with Gasteiger partial charge in [0.25, 0.3) is 0 Å². The Hall–Kier alpha value is -4.58. The van der Waals surface area contributed by atoms with Gasteiger partial charge in [0.2, 0.25) is 0 Å². The highest BCUT2D eigenvalue weighted by molar-refractivity contribution is 6.13. The summed E-state index contributed by atoms with van der Waals surface area (Å²) in [6.45, 7) is 1.89. The molecule has 0 spiro atoms. The maximum absolute atomic E-state index is 13.2. The van der Waals surface area contributed by atoms with Crippen LogP contribution < -0.4 is 9.47 Å². The van der Waals surface area contributed by atoms with Gasteiger partial charge < -0.3 is 9.47 Å². The van der Waals surface area contributed by atoms with Gasteiger partial charge in [0.15, 0.2) is 0 Å². The molecule has 0 unspecified atom stereocenters. The molecule has 1 aromatic heterocycles. The Kier molecular flexibility index (Phi) is 8.66. The number of hydrogen-bond donors (Lipinski definition) is 0. The third kappa shape index (κ3) is 6.19. The van der Waals surface area contributed by atoms with Gasteiger partial charge in [0, 0.05) is 12.4 Å². The van der Waals surface area contributed by atoms with E-state index in [1.165, 1.54) is 44.8 Å². The first-order valence-electron chi connectivity index (χ1n) is 15.3. The number of halogens is 3. The topological polar surface area (TPSA) is 31.4 Å². The average molecular weight is 608 g/mol. The number of benzene rings is 5. The molecule has 0 saturated carbocycles. The number of alkyl halides is 3. The van der Waals surface area contributed by atoms with E-state index in [0.29, 0.717) is 12.3 Å². The van der Waals surface area contributed by atoms with Crippen molar-refractivity contribution in [1.29, 1.82) is 0 Å². The fourth-order valence-corrected chi connectivity index (χ4v) is 6.74. The summed E-state index contributed by atoms with van der Waals surface area (Å²) in [5.74, 6) is 1.90. The molecule has 230 valence electrons. The lowest BCUT2D eigenvalue weighted by Gasteiger charge is -2.28. The summed E-state index contributed by atoms with van der Waals surface area (Å²) >= 11 is 0. The zero-order valence-corrected chi connectivity index (χ0v) is 25.7. The van der Waals surface area contributed by atoms with Crippen molar-refractivity contribution in [2.45, 2.75) is 51.1 Å².